The number of cyclic esters (lactones) is 1. The zero-order valence-corrected chi connectivity index (χ0v) is 17.4. The van der Waals surface area contributed by atoms with E-state index in [-0.39, 0.29) is 29.3 Å². The van der Waals surface area contributed by atoms with E-state index in [0.717, 1.165) is 11.1 Å². The molecule has 0 spiro atoms. The van der Waals surface area contributed by atoms with E-state index in [1.165, 1.54) is 12.3 Å². The Labute approximate surface area is 179 Å². The number of carbonyl (C=O) groups excluding carboxylic acids is 1. The maximum Gasteiger partial charge on any atom is 0.422 e. The van der Waals surface area contributed by atoms with E-state index in [2.05, 4.69) is 25.0 Å². The molecule has 168 valence electrons. The first-order chi connectivity index (χ1) is 14.4. The van der Waals surface area contributed by atoms with E-state index >= 15 is 0 Å². The summed E-state index contributed by atoms with van der Waals surface area (Å²) in [4.78, 5) is 24.9. The average Bonchev–Trinajstić information content (AvgIpc) is 2.94. The second kappa shape index (κ2) is 8.33. The van der Waals surface area contributed by atoms with Crippen molar-refractivity contribution in [1.82, 2.24) is 15.0 Å². The number of alkyl halides is 3. The number of aromatic nitrogens is 3. The van der Waals surface area contributed by atoms with Gasteiger partial charge in [-0.1, -0.05) is 11.6 Å². The highest BCUT2D eigenvalue weighted by Crippen LogP contribution is 2.32. The second-order valence-electron chi connectivity index (χ2n) is 7.39. The Balaban J connectivity index is 1.77. The maximum absolute atomic E-state index is 14.3. The van der Waals surface area contributed by atoms with E-state index < -0.39 is 36.3 Å². The van der Waals surface area contributed by atoms with Crippen molar-refractivity contribution in [1.29, 1.82) is 0 Å². The fourth-order valence-electron chi connectivity index (χ4n) is 2.78. The van der Waals surface area contributed by atoms with Gasteiger partial charge >= 0.3 is 12.3 Å². The molecule has 0 aliphatic carbocycles. The van der Waals surface area contributed by atoms with Crippen LogP contribution >= 0.6 is 11.6 Å². The van der Waals surface area contributed by atoms with Crippen LogP contribution in [0.25, 0.3) is 0 Å². The molecule has 2 aromatic rings. The Hall–Kier alpha value is -2.89. The van der Waals surface area contributed by atoms with Gasteiger partial charge in [-0.05, 0) is 32.4 Å². The molecule has 2 aromatic heterocycles. The first kappa shape index (κ1) is 22.8. The van der Waals surface area contributed by atoms with Gasteiger partial charge in [-0.25, -0.2) is 24.1 Å². The number of hydrogen-bond acceptors (Lipinski definition) is 7. The van der Waals surface area contributed by atoms with Crippen molar-refractivity contribution in [3.8, 4) is 5.88 Å². The molecule has 1 atom stereocenters. The standard InChI is InChI=1S/C18H18ClF4N5O3/c1-9(10-4-11(19)14(24-5-10)30-8-18(21,22)23)26-15-25-6-12(20)13(27-15)28-16(29)31-7-17(28,2)3/h4-6,9H,7-8H2,1-3H3,(H,25,26,27). The molecular formula is C18H18ClF4N5O3. The summed E-state index contributed by atoms with van der Waals surface area (Å²) in [5.41, 5.74) is -0.321. The van der Waals surface area contributed by atoms with E-state index in [1.807, 2.05) is 0 Å². The molecule has 0 saturated carbocycles. The van der Waals surface area contributed by atoms with Crippen molar-refractivity contribution < 1.29 is 31.8 Å². The smallest absolute Gasteiger partial charge is 0.422 e. The normalized spacial score (nSPS) is 16.8. The molecule has 1 aliphatic rings. The molecule has 0 bridgehead atoms. The van der Waals surface area contributed by atoms with Gasteiger partial charge in [-0.15, -0.1) is 0 Å². The predicted molar refractivity (Wildman–Crippen MR) is 103 cm³/mol. The Morgan fingerprint density at radius 3 is 2.65 bits per heavy atom. The molecular weight excluding hydrogens is 446 g/mol. The van der Waals surface area contributed by atoms with E-state index in [4.69, 9.17) is 16.3 Å². The van der Waals surface area contributed by atoms with E-state index in [1.54, 1.807) is 20.8 Å². The topological polar surface area (TPSA) is 89.5 Å². The molecule has 1 fully saturated rings. The number of halogens is 5. The maximum atomic E-state index is 14.3. The van der Waals surface area contributed by atoms with Crippen molar-refractivity contribution in [2.75, 3.05) is 23.4 Å². The Bertz CT molecular complexity index is 989. The summed E-state index contributed by atoms with van der Waals surface area (Å²) in [5.74, 6) is -1.40. The van der Waals surface area contributed by atoms with Gasteiger partial charge in [-0.3, -0.25) is 0 Å². The third-order valence-corrected chi connectivity index (χ3v) is 4.59. The fourth-order valence-corrected chi connectivity index (χ4v) is 3.01. The van der Waals surface area contributed by atoms with E-state index in [0.29, 0.717) is 5.56 Å². The third-order valence-electron chi connectivity index (χ3n) is 4.32. The first-order valence-corrected chi connectivity index (χ1v) is 9.36. The molecule has 0 radical (unpaired) electrons. The fraction of sp³-hybridized carbons (Fsp3) is 0.444. The molecule has 1 saturated heterocycles. The highest BCUT2D eigenvalue weighted by Gasteiger charge is 2.43. The number of hydrogen-bond donors (Lipinski definition) is 1. The summed E-state index contributed by atoms with van der Waals surface area (Å²) < 4.78 is 60.7. The minimum Gasteiger partial charge on any atom is -0.467 e. The molecule has 1 amide bonds. The van der Waals surface area contributed by atoms with Gasteiger partial charge < -0.3 is 14.8 Å². The van der Waals surface area contributed by atoms with Crippen LogP contribution in [0.3, 0.4) is 0 Å². The van der Waals surface area contributed by atoms with Crippen LogP contribution in [0.4, 0.5) is 34.1 Å². The van der Waals surface area contributed by atoms with Crippen molar-refractivity contribution in [2.45, 2.75) is 38.5 Å². The number of rotatable bonds is 6. The lowest BCUT2D eigenvalue weighted by Crippen LogP contribution is -2.43. The molecule has 3 rings (SSSR count). The Morgan fingerprint density at radius 2 is 2.06 bits per heavy atom. The monoisotopic (exact) mass is 463 g/mol. The molecule has 3 heterocycles. The van der Waals surface area contributed by atoms with Crippen LogP contribution in [-0.2, 0) is 4.74 Å². The quantitative estimate of drug-likeness (QED) is 0.630. The largest absolute Gasteiger partial charge is 0.467 e. The van der Waals surface area contributed by atoms with Crippen molar-refractivity contribution >= 4 is 29.5 Å². The Kier molecular flexibility index (Phi) is 6.12. The molecule has 1 aliphatic heterocycles. The second-order valence-corrected chi connectivity index (χ2v) is 7.80. The third kappa shape index (κ3) is 5.24. The van der Waals surface area contributed by atoms with Gasteiger partial charge in [0.25, 0.3) is 0 Å². The Morgan fingerprint density at radius 1 is 1.35 bits per heavy atom. The van der Waals surface area contributed by atoms with Gasteiger partial charge in [0.05, 0.1) is 17.8 Å². The summed E-state index contributed by atoms with van der Waals surface area (Å²) in [6.07, 6.45) is -3.06. The van der Waals surface area contributed by atoms with Crippen LogP contribution in [0.15, 0.2) is 18.5 Å². The summed E-state index contributed by atoms with van der Waals surface area (Å²) >= 11 is 5.96. The summed E-state index contributed by atoms with van der Waals surface area (Å²) in [6, 6.07) is 0.863. The SMILES string of the molecule is CC(Nc1ncc(F)c(N2C(=O)OCC2(C)C)n1)c1cnc(OCC(F)(F)F)c(Cl)c1. The van der Waals surface area contributed by atoms with Crippen LogP contribution in [0, 0.1) is 5.82 Å². The summed E-state index contributed by atoms with van der Waals surface area (Å²) in [7, 11) is 0. The van der Waals surface area contributed by atoms with Gasteiger partial charge in [0, 0.05) is 6.20 Å². The summed E-state index contributed by atoms with van der Waals surface area (Å²) in [5, 5.41) is 2.79. The van der Waals surface area contributed by atoms with Crippen LogP contribution in [0.2, 0.25) is 5.02 Å². The lowest BCUT2D eigenvalue weighted by Gasteiger charge is -2.27. The van der Waals surface area contributed by atoms with Crippen LogP contribution in [-0.4, -0.2) is 46.0 Å². The van der Waals surface area contributed by atoms with Crippen LogP contribution in [0.1, 0.15) is 32.4 Å². The number of nitrogens with zero attached hydrogens (tertiary/aromatic N) is 4. The minimum absolute atomic E-state index is 0.00733. The van der Waals surface area contributed by atoms with Crippen molar-refractivity contribution in [3.05, 3.63) is 34.9 Å². The lowest BCUT2D eigenvalue weighted by molar-refractivity contribution is -0.154. The first-order valence-electron chi connectivity index (χ1n) is 8.98. The van der Waals surface area contributed by atoms with Gasteiger partial charge in [-0.2, -0.15) is 18.2 Å². The average molecular weight is 464 g/mol. The van der Waals surface area contributed by atoms with Crippen molar-refractivity contribution in [2.24, 2.45) is 0 Å². The highest BCUT2D eigenvalue weighted by atomic mass is 35.5. The molecule has 13 heteroatoms. The number of anilines is 2. The van der Waals surface area contributed by atoms with Crippen LogP contribution < -0.4 is 15.0 Å². The predicted octanol–water partition coefficient (Wildman–Crippen LogP) is 4.51. The molecule has 31 heavy (non-hydrogen) atoms. The number of nitrogens with one attached hydrogen (secondary N) is 1. The van der Waals surface area contributed by atoms with Crippen molar-refractivity contribution in [3.63, 3.8) is 0 Å². The highest BCUT2D eigenvalue weighted by molar-refractivity contribution is 6.31. The number of carbonyl (C=O) groups is 1. The zero-order valence-electron chi connectivity index (χ0n) is 16.6. The zero-order chi connectivity index (χ0) is 23.0. The van der Waals surface area contributed by atoms with E-state index in [9.17, 15) is 22.4 Å². The van der Waals surface area contributed by atoms with Crippen LogP contribution in [0.5, 0.6) is 5.88 Å². The van der Waals surface area contributed by atoms with Gasteiger partial charge in [0.1, 0.15) is 11.6 Å². The van der Waals surface area contributed by atoms with Gasteiger partial charge in [0.2, 0.25) is 11.8 Å². The number of pyridine rings is 1. The molecule has 1 N–H and O–H groups in total. The molecule has 0 aromatic carbocycles. The summed E-state index contributed by atoms with van der Waals surface area (Å²) in [6.45, 7) is 3.64. The molecule has 8 nitrogen and oxygen atoms in total. The number of amides is 1. The minimum atomic E-state index is -4.52. The molecule has 1 unspecified atom stereocenters. The van der Waals surface area contributed by atoms with Gasteiger partial charge in [0.15, 0.2) is 18.2 Å². The number of ether oxygens (including phenoxy) is 2. The lowest BCUT2D eigenvalue weighted by atomic mass is 10.1.